The van der Waals surface area contributed by atoms with E-state index in [1.165, 1.54) is 6.42 Å². The number of hydrogen-bond acceptors (Lipinski definition) is 3. The van der Waals surface area contributed by atoms with E-state index in [1.807, 2.05) is 27.7 Å². The van der Waals surface area contributed by atoms with Crippen molar-refractivity contribution in [3.63, 3.8) is 0 Å². The average molecular weight is 467 g/mol. The van der Waals surface area contributed by atoms with Crippen LogP contribution in [0.25, 0.3) is 0 Å². The first-order valence-corrected chi connectivity index (χ1v) is 14.3. The molecular weight excluding hydrogens is 421 g/mol. The predicted octanol–water partition coefficient (Wildman–Crippen LogP) is 6.16. The molecule has 5 nitrogen and oxygen atoms in total. The Balaban J connectivity index is 1.60. The summed E-state index contributed by atoms with van der Waals surface area (Å²) in [7, 11) is -2.56. The summed E-state index contributed by atoms with van der Waals surface area (Å²) in [6.07, 6.45) is 10.3. The Kier molecular flexibility index (Phi) is 6.41. The molecule has 0 radical (unpaired) electrons. The lowest BCUT2D eigenvalue weighted by Crippen LogP contribution is -2.63. The standard InChI is InChI=1S/C26H44NO4P/c1-16(2)27(29,17(3)4)24(28)23-10-9-21-20-8-7-18-15-19(32(30)31)11-13-25(18,5)22(20)12-14-26(21,23)6/h11,16-18,20-23,29,32H,7-10,12-15H2,1-6H3/p+1/t18-,20-,21-,22-,23+,25-,26-/m0/s1. The van der Waals surface area contributed by atoms with Gasteiger partial charge in [-0.2, -0.15) is 0 Å². The van der Waals surface area contributed by atoms with E-state index in [-0.39, 0.29) is 34.7 Å². The van der Waals surface area contributed by atoms with E-state index in [9.17, 15) is 19.5 Å². The zero-order valence-electron chi connectivity index (χ0n) is 20.9. The van der Waals surface area contributed by atoms with Crippen molar-refractivity contribution in [2.24, 2.45) is 40.4 Å². The molecule has 1 amide bonds. The Labute approximate surface area is 195 Å². The smallest absolute Gasteiger partial charge is 0.343 e. The normalized spacial score (nSPS) is 42.8. The summed E-state index contributed by atoms with van der Waals surface area (Å²) in [5.74, 6) is 2.30. The van der Waals surface area contributed by atoms with Gasteiger partial charge in [0, 0.05) is 5.31 Å². The minimum absolute atomic E-state index is 0.0244. The van der Waals surface area contributed by atoms with Gasteiger partial charge in [0.1, 0.15) is 12.1 Å². The van der Waals surface area contributed by atoms with E-state index < -0.39 is 12.7 Å². The second-order valence-corrected chi connectivity index (χ2v) is 13.8. The lowest BCUT2D eigenvalue weighted by atomic mass is 9.45. The Morgan fingerprint density at radius 3 is 2.25 bits per heavy atom. The van der Waals surface area contributed by atoms with Crippen molar-refractivity contribution >= 4 is 13.9 Å². The van der Waals surface area contributed by atoms with Crippen LogP contribution in [0.5, 0.6) is 0 Å². The molecular formula is C26H45NO4P+. The van der Waals surface area contributed by atoms with Crippen LogP contribution in [0.2, 0.25) is 0 Å². The molecule has 3 saturated carbocycles. The number of carbonyl (C=O) groups excluding carboxylic acids is 1. The van der Waals surface area contributed by atoms with Gasteiger partial charge in [-0.05, 0) is 114 Å². The maximum absolute atomic E-state index is 13.8. The van der Waals surface area contributed by atoms with E-state index in [4.69, 9.17) is 0 Å². The highest BCUT2D eigenvalue weighted by molar-refractivity contribution is 7.43. The van der Waals surface area contributed by atoms with Crippen molar-refractivity contribution in [2.75, 3.05) is 0 Å². The maximum atomic E-state index is 13.8. The fraction of sp³-hybridized carbons (Fsp3) is 0.885. The summed E-state index contributed by atoms with van der Waals surface area (Å²) >= 11 is 0. The Hall–Kier alpha value is -0.480. The molecule has 0 aliphatic heterocycles. The monoisotopic (exact) mass is 466 g/mol. The molecule has 3 fully saturated rings. The summed E-state index contributed by atoms with van der Waals surface area (Å²) in [6.45, 7) is 12.6. The quantitative estimate of drug-likeness (QED) is 0.225. The topological polar surface area (TPSA) is 74.6 Å². The molecule has 6 heteroatoms. The minimum Gasteiger partial charge on any atom is -0.343 e. The molecule has 8 atom stereocenters. The molecule has 2 N–H and O–H groups in total. The molecule has 1 unspecified atom stereocenters. The van der Waals surface area contributed by atoms with Crippen LogP contribution in [0.1, 0.15) is 92.9 Å². The highest BCUT2D eigenvalue weighted by Crippen LogP contribution is 2.68. The summed E-state index contributed by atoms with van der Waals surface area (Å²) in [4.78, 5) is 23.5. The minimum atomic E-state index is -2.56. The molecule has 0 saturated heterocycles. The second-order valence-electron chi connectivity index (χ2n) is 12.5. The second kappa shape index (κ2) is 8.33. The van der Waals surface area contributed by atoms with Crippen LogP contribution in [0, 0.1) is 40.4 Å². The van der Waals surface area contributed by atoms with Crippen molar-refractivity contribution in [3.8, 4) is 0 Å². The number of nitrogens with zero attached hydrogens (tertiary/aromatic N) is 1. The van der Waals surface area contributed by atoms with Gasteiger partial charge in [-0.25, -0.2) is 10.0 Å². The molecule has 0 heterocycles. The molecule has 0 aromatic rings. The van der Waals surface area contributed by atoms with Crippen molar-refractivity contribution in [1.29, 1.82) is 0 Å². The summed E-state index contributed by atoms with van der Waals surface area (Å²) in [5.41, 5.74) is 0.184. The first kappa shape index (κ1) is 24.6. The fourth-order valence-corrected chi connectivity index (χ4v) is 9.51. The van der Waals surface area contributed by atoms with Gasteiger partial charge in [0.05, 0.1) is 5.92 Å². The Morgan fingerprint density at radius 1 is 1.03 bits per heavy atom. The first-order chi connectivity index (χ1) is 14.9. The summed E-state index contributed by atoms with van der Waals surface area (Å²) in [5, 5.41) is 12.2. The van der Waals surface area contributed by atoms with Crippen molar-refractivity contribution < 1.29 is 24.1 Å². The summed E-state index contributed by atoms with van der Waals surface area (Å²) < 4.78 is 11.3. The number of carbonyl (C=O) groups is 1. The maximum Gasteiger partial charge on any atom is 0.349 e. The van der Waals surface area contributed by atoms with Crippen molar-refractivity contribution in [1.82, 2.24) is 0 Å². The largest absolute Gasteiger partial charge is 0.349 e. The zero-order valence-corrected chi connectivity index (χ0v) is 21.9. The van der Waals surface area contributed by atoms with E-state index in [0.717, 1.165) is 50.3 Å². The van der Waals surface area contributed by atoms with Gasteiger partial charge in [-0.1, -0.05) is 19.9 Å². The number of allylic oxidation sites excluding steroid dienone is 2. The number of hydrogen-bond donors (Lipinski definition) is 2. The van der Waals surface area contributed by atoms with E-state index in [0.29, 0.717) is 23.7 Å². The highest BCUT2D eigenvalue weighted by atomic mass is 31.1. The van der Waals surface area contributed by atoms with Gasteiger partial charge in [-0.3, -0.25) is 4.57 Å². The number of amides is 1. The van der Waals surface area contributed by atoms with Crippen LogP contribution in [-0.2, 0) is 9.36 Å². The van der Waals surface area contributed by atoms with Crippen LogP contribution in [0.3, 0.4) is 0 Å². The third-order valence-corrected chi connectivity index (χ3v) is 11.8. The molecule has 0 bridgehead atoms. The molecule has 32 heavy (non-hydrogen) atoms. The van der Waals surface area contributed by atoms with Gasteiger partial charge in [0.2, 0.25) is 8.03 Å². The van der Waals surface area contributed by atoms with E-state index >= 15 is 0 Å². The molecule has 182 valence electrons. The van der Waals surface area contributed by atoms with E-state index in [2.05, 4.69) is 19.9 Å². The number of hydroxylamine groups is 3. The lowest BCUT2D eigenvalue weighted by Gasteiger charge is -2.60. The van der Waals surface area contributed by atoms with Gasteiger partial charge < -0.3 is 4.89 Å². The number of rotatable bonds is 4. The predicted molar refractivity (Wildman–Crippen MR) is 127 cm³/mol. The van der Waals surface area contributed by atoms with Crippen molar-refractivity contribution in [3.05, 3.63) is 11.4 Å². The van der Waals surface area contributed by atoms with Crippen molar-refractivity contribution in [2.45, 2.75) is 105 Å². The number of quaternary nitrogens is 1. The van der Waals surface area contributed by atoms with Gasteiger partial charge >= 0.3 is 5.91 Å². The molecule has 4 aliphatic carbocycles. The SMILES string of the molecule is CC(C)[N+](O)(C(=O)[C@H]1CC[C@H]2[C@@H]3CC[C@H]4CC([PH](=O)O)=CC[C@]4(C)[C@H]3CC[C@]12C)C(C)C. The van der Waals surface area contributed by atoms with Gasteiger partial charge in [0.15, 0.2) is 0 Å². The van der Waals surface area contributed by atoms with Crippen LogP contribution < -0.4 is 0 Å². The number of fused-ring (bicyclic) bond motifs is 5. The van der Waals surface area contributed by atoms with Crippen LogP contribution in [0.4, 0.5) is 0 Å². The van der Waals surface area contributed by atoms with Gasteiger partial charge in [-0.15, -0.1) is 4.65 Å². The third-order valence-electron chi connectivity index (χ3n) is 10.8. The first-order valence-electron chi connectivity index (χ1n) is 12.9. The lowest BCUT2D eigenvalue weighted by molar-refractivity contribution is -1.07. The molecule has 4 aliphatic rings. The fourth-order valence-electron chi connectivity index (χ4n) is 8.82. The van der Waals surface area contributed by atoms with E-state index in [1.54, 1.807) is 0 Å². The van der Waals surface area contributed by atoms with Crippen LogP contribution in [-0.4, -0.2) is 32.7 Å². The Bertz CT molecular complexity index is 815. The molecule has 0 aromatic carbocycles. The average Bonchev–Trinajstić information content (AvgIpc) is 3.08. The third kappa shape index (κ3) is 3.44. The summed E-state index contributed by atoms with van der Waals surface area (Å²) in [6, 6.07) is -0.281. The van der Waals surface area contributed by atoms with Crippen LogP contribution >= 0.6 is 8.03 Å². The molecule has 4 rings (SSSR count). The molecule has 0 spiro atoms. The zero-order chi connectivity index (χ0) is 23.6. The Morgan fingerprint density at radius 2 is 1.66 bits per heavy atom. The highest BCUT2D eigenvalue weighted by Gasteiger charge is 2.64. The molecule has 0 aromatic heterocycles. The van der Waals surface area contributed by atoms with Gasteiger partial charge in [0.25, 0.3) is 0 Å². The van der Waals surface area contributed by atoms with Crippen LogP contribution in [0.15, 0.2) is 11.4 Å².